The summed E-state index contributed by atoms with van der Waals surface area (Å²) in [5.41, 5.74) is 7.26. The van der Waals surface area contributed by atoms with E-state index in [1.165, 1.54) is 0 Å². The Kier molecular flexibility index (Phi) is 5.12. The third-order valence-electron chi connectivity index (χ3n) is 3.45. The summed E-state index contributed by atoms with van der Waals surface area (Å²) in [7, 11) is 0. The van der Waals surface area contributed by atoms with Gasteiger partial charge in [0.1, 0.15) is 0 Å². The third-order valence-corrected chi connectivity index (χ3v) is 3.45. The van der Waals surface area contributed by atoms with Gasteiger partial charge in [-0.05, 0) is 30.5 Å². The Hall–Kier alpha value is -1.88. The molecular formula is C15H21N3O2. The standard InChI is InChI=1S/C15H21N3O2/c16-10-12-5-4-6-13(9-12)17-14(19)11-18-8-3-1-2-7-15(18)20/h4-6,9H,1-3,7-8,10-11,16H2,(H,17,19). The Labute approximate surface area is 119 Å². The molecule has 2 amide bonds. The second-order valence-corrected chi connectivity index (χ2v) is 5.08. The van der Waals surface area contributed by atoms with E-state index in [2.05, 4.69) is 5.32 Å². The molecule has 1 aromatic rings. The Balaban J connectivity index is 1.92. The summed E-state index contributed by atoms with van der Waals surface area (Å²) < 4.78 is 0. The van der Waals surface area contributed by atoms with E-state index >= 15 is 0 Å². The molecule has 108 valence electrons. The van der Waals surface area contributed by atoms with Crippen molar-refractivity contribution in [2.45, 2.75) is 32.2 Å². The molecule has 1 aliphatic rings. The Morgan fingerprint density at radius 3 is 2.95 bits per heavy atom. The highest BCUT2D eigenvalue weighted by Gasteiger charge is 2.19. The highest BCUT2D eigenvalue weighted by atomic mass is 16.2. The number of nitrogens with two attached hydrogens (primary N) is 1. The fraction of sp³-hybridized carbons (Fsp3) is 0.467. The predicted octanol–water partition coefficient (Wildman–Crippen LogP) is 1.49. The zero-order valence-electron chi connectivity index (χ0n) is 11.6. The average molecular weight is 275 g/mol. The van der Waals surface area contributed by atoms with Crippen LogP contribution in [0, 0.1) is 0 Å². The number of anilines is 1. The number of nitrogens with one attached hydrogen (secondary N) is 1. The molecule has 0 aliphatic carbocycles. The number of rotatable bonds is 4. The van der Waals surface area contributed by atoms with Crippen LogP contribution in [-0.4, -0.2) is 29.8 Å². The van der Waals surface area contributed by atoms with Crippen molar-refractivity contribution in [3.05, 3.63) is 29.8 Å². The molecule has 2 rings (SSSR count). The molecule has 1 aliphatic heterocycles. The van der Waals surface area contributed by atoms with E-state index in [0.29, 0.717) is 19.5 Å². The lowest BCUT2D eigenvalue weighted by Crippen LogP contribution is -2.37. The van der Waals surface area contributed by atoms with Crippen LogP contribution in [0.25, 0.3) is 0 Å². The minimum atomic E-state index is -0.158. The topological polar surface area (TPSA) is 75.4 Å². The summed E-state index contributed by atoms with van der Waals surface area (Å²) >= 11 is 0. The van der Waals surface area contributed by atoms with E-state index in [9.17, 15) is 9.59 Å². The second kappa shape index (κ2) is 7.05. The number of nitrogens with zero attached hydrogens (tertiary/aromatic N) is 1. The molecule has 1 heterocycles. The van der Waals surface area contributed by atoms with Gasteiger partial charge in [-0.1, -0.05) is 18.6 Å². The van der Waals surface area contributed by atoms with Crippen LogP contribution in [0.4, 0.5) is 5.69 Å². The first-order chi connectivity index (χ1) is 9.69. The van der Waals surface area contributed by atoms with E-state index < -0.39 is 0 Å². The van der Waals surface area contributed by atoms with Gasteiger partial charge in [0, 0.05) is 25.2 Å². The first kappa shape index (κ1) is 14.5. The van der Waals surface area contributed by atoms with Gasteiger partial charge >= 0.3 is 0 Å². The minimum absolute atomic E-state index is 0.0772. The number of carbonyl (C=O) groups is 2. The molecule has 0 radical (unpaired) electrons. The van der Waals surface area contributed by atoms with Crippen molar-refractivity contribution in [3.63, 3.8) is 0 Å². The summed E-state index contributed by atoms with van der Waals surface area (Å²) in [4.78, 5) is 25.5. The largest absolute Gasteiger partial charge is 0.333 e. The maximum Gasteiger partial charge on any atom is 0.243 e. The number of hydrogen-bond donors (Lipinski definition) is 2. The van der Waals surface area contributed by atoms with Gasteiger partial charge in [-0.3, -0.25) is 9.59 Å². The summed E-state index contributed by atoms with van der Waals surface area (Å²) in [6.45, 7) is 1.25. The first-order valence-electron chi connectivity index (χ1n) is 7.05. The molecule has 0 spiro atoms. The number of likely N-dealkylation sites (tertiary alicyclic amines) is 1. The van der Waals surface area contributed by atoms with Crippen LogP contribution in [0.3, 0.4) is 0 Å². The third kappa shape index (κ3) is 4.06. The van der Waals surface area contributed by atoms with Gasteiger partial charge in [0.15, 0.2) is 0 Å². The minimum Gasteiger partial charge on any atom is -0.333 e. The Morgan fingerprint density at radius 1 is 1.30 bits per heavy atom. The molecule has 0 bridgehead atoms. The quantitative estimate of drug-likeness (QED) is 0.874. The Morgan fingerprint density at radius 2 is 2.15 bits per heavy atom. The van der Waals surface area contributed by atoms with Crippen molar-refractivity contribution in [3.8, 4) is 0 Å². The molecule has 20 heavy (non-hydrogen) atoms. The molecule has 0 saturated carbocycles. The van der Waals surface area contributed by atoms with Crippen LogP contribution in [-0.2, 0) is 16.1 Å². The van der Waals surface area contributed by atoms with Crippen LogP contribution < -0.4 is 11.1 Å². The summed E-state index contributed by atoms with van der Waals surface area (Å²) in [6, 6.07) is 7.44. The molecule has 5 nitrogen and oxygen atoms in total. The molecule has 1 saturated heterocycles. The van der Waals surface area contributed by atoms with E-state index in [1.54, 1.807) is 4.90 Å². The van der Waals surface area contributed by atoms with Crippen molar-refractivity contribution in [1.82, 2.24) is 4.90 Å². The van der Waals surface area contributed by atoms with E-state index in [-0.39, 0.29) is 18.4 Å². The lowest BCUT2D eigenvalue weighted by Gasteiger charge is -2.19. The lowest BCUT2D eigenvalue weighted by atomic mass is 10.2. The summed E-state index contributed by atoms with van der Waals surface area (Å²) in [5, 5.41) is 2.82. The normalized spacial score (nSPS) is 15.8. The van der Waals surface area contributed by atoms with Crippen LogP contribution in [0.15, 0.2) is 24.3 Å². The van der Waals surface area contributed by atoms with E-state index in [0.717, 1.165) is 30.5 Å². The lowest BCUT2D eigenvalue weighted by molar-refractivity contribution is -0.134. The van der Waals surface area contributed by atoms with Gasteiger partial charge in [0.2, 0.25) is 11.8 Å². The van der Waals surface area contributed by atoms with Gasteiger partial charge in [-0.25, -0.2) is 0 Å². The summed E-state index contributed by atoms with van der Waals surface area (Å²) in [6.07, 6.45) is 3.51. The maximum atomic E-state index is 12.0. The fourth-order valence-electron chi connectivity index (χ4n) is 2.36. The van der Waals surface area contributed by atoms with Crippen LogP contribution in [0.1, 0.15) is 31.2 Å². The number of amides is 2. The van der Waals surface area contributed by atoms with Crippen LogP contribution in [0.5, 0.6) is 0 Å². The number of hydrogen-bond acceptors (Lipinski definition) is 3. The van der Waals surface area contributed by atoms with Gasteiger partial charge < -0.3 is 16.0 Å². The molecule has 0 atom stereocenters. The monoisotopic (exact) mass is 275 g/mol. The molecule has 1 aromatic carbocycles. The van der Waals surface area contributed by atoms with Crippen molar-refractivity contribution >= 4 is 17.5 Å². The van der Waals surface area contributed by atoms with Gasteiger partial charge in [0.05, 0.1) is 6.54 Å². The zero-order chi connectivity index (χ0) is 14.4. The second-order valence-electron chi connectivity index (χ2n) is 5.08. The smallest absolute Gasteiger partial charge is 0.243 e. The van der Waals surface area contributed by atoms with Crippen LogP contribution >= 0.6 is 0 Å². The van der Waals surface area contributed by atoms with Gasteiger partial charge in [-0.15, -0.1) is 0 Å². The first-order valence-corrected chi connectivity index (χ1v) is 7.05. The highest BCUT2D eigenvalue weighted by molar-refractivity contribution is 5.94. The highest BCUT2D eigenvalue weighted by Crippen LogP contribution is 2.13. The molecule has 0 aromatic heterocycles. The van der Waals surface area contributed by atoms with Gasteiger partial charge in [0.25, 0.3) is 0 Å². The molecule has 5 heteroatoms. The van der Waals surface area contributed by atoms with Crippen LogP contribution in [0.2, 0.25) is 0 Å². The number of carbonyl (C=O) groups excluding carboxylic acids is 2. The van der Waals surface area contributed by atoms with Crippen molar-refractivity contribution in [1.29, 1.82) is 0 Å². The Bertz CT molecular complexity index is 488. The van der Waals surface area contributed by atoms with E-state index in [1.807, 2.05) is 24.3 Å². The number of benzene rings is 1. The molecule has 0 unspecified atom stereocenters. The van der Waals surface area contributed by atoms with Crippen molar-refractivity contribution in [2.24, 2.45) is 5.73 Å². The average Bonchev–Trinajstić information content (AvgIpc) is 2.64. The van der Waals surface area contributed by atoms with Crippen molar-refractivity contribution < 1.29 is 9.59 Å². The molecular weight excluding hydrogens is 254 g/mol. The maximum absolute atomic E-state index is 12.0. The fourth-order valence-corrected chi connectivity index (χ4v) is 2.36. The van der Waals surface area contributed by atoms with Gasteiger partial charge in [-0.2, -0.15) is 0 Å². The SMILES string of the molecule is NCc1cccc(NC(=O)CN2CCCCCC2=O)c1. The van der Waals surface area contributed by atoms with E-state index in [4.69, 9.17) is 5.73 Å². The van der Waals surface area contributed by atoms with Crippen molar-refractivity contribution in [2.75, 3.05) is 18.4 Å². The zero-order valence-corrected chi connectivity index (χ0v) is 11.6. The molecule has 1 fully saturated rings. The molecule has 3 N–H and O–H groups in total. The predicted molar refractivity (Wildman–Crippen MR) is 78.0 cm³/mol. The summed E-state index contributed by atoms with van der Waals surface area (Å²) in [5.74, 6) is -0.0808.